The lowest BCUT2D eigenvalue weighted by molar-refractivity contribution is 0.389. The lowest BCUT2D eigenvalue weighted by atomic mass is 9.76. The molecule has 0 radical (unpaired) electrons. The van der Waals surface area contributed by atoms with E-state index in [0.29, 0.717) is 28.9 Å². The van der Waals surface area contributed by atoms with Gasteiger partial charge >= 0.3 is 0 Å². The number of hydrogen-bond acceptors (Lipinski definition) is 2. The van der Waals surface area contributed by atoms with Crippen LogP contribution >= 0.6 is 23.8 Å². The molecule has 1 aliphatic rings. The van der Waals surface area contributed by atoms with E-state index in [1.807, 2.05) is 24.3 Å². The van der Waals surface area contributed by atoms with Crippen molar-refractivity contribution in [1.82, 2.24) is 9.97 Å². The zero-order valence-electron chi connectivity index (χ0n) is 16.5. The van der Waals surface area contributed by atoms with Gasteiger partial charge in [-0.2, -0.15) is 0 Å². The SMILES string of the molecule is C=C(/C=C\C=C/CCl)Cc1c(=O)[nH]c(=S)[nH]c1[C@H]1CC[C@H](c2ccccc2)CC1. The quantitative estimate of drug-likeness (QED) is 0.309. The average Bonchev–Trinajstić information content (AvgIpc) is 2.74. The van der Waals surface area contributed by atoms with Gasteiger partial charge in [0, 0.05) is 23.6 Å². The van der Waals surface area contributed by atoms with Gasteiger partial charge in [0.15, 0.2) is 4.77 Å². The Kier molecular flexibility index (Phi) is 7.84. The molecule has 1 aromatic carbocycles. The van der Waals surface area contributed by atoms with Crippen LogP contribution in [0.15, 0.2) is 71.6 Å². The van der Waals surface area contributed by atoms with Crippen LogP contribution in [0.4, 0.5) is 0 Å². The van der Waals surface area contributed by atoms with E-state index in [-0.39, 0.29) is 5.56 Å². The molecule has 2 N–H and O–H groups in total. The third-order valence-corrected chi connectivity index (χ3v) is 5.94. The van der Waals surface area contributed by atoms with Crippen LogP contribution in [0.5, 0.6) is 0 Å². The molecule has 0 amide bonds. The highest BCUT2D eigenvalue weighted by molar-refractivity contribution is 7.71. The van der Waals surface area contributed by atoms with E-state index in [2.05, 4.69) is 46.9 Å². The van der Waals surface area contributed by atoms with Gasteiger partial charge in [0.05, 0.1) is 0 Å². The molecule has 0 bridgehead atoms. The van der Waals surface area contributed by atoms with Gasteiger partial charge in [-0.05, 0) is 55.3 Å². The Morgan fingerprint density at radius 1 is 1.10 bits per heavy atom. The maximum Gasteiger partial charge on any atom is 0.255 e. The second kappa shape index (κ2) is 10.6. The summed E-state index contributed by atoms with van der Waals surface area (Å²) >= 11 is 10.9. The fourth-order valence-corrected chi connectivity index (χ4v) is 4.41. The normalized spacial score (nSPS) is 19.8. The van der Waals surface area contributed by atoms with Crippen molar-refractivity contribution in [2.75, 3.05) is 5.88 Å². The molecule has 0 saturated heterocycles. The van der Waals surface area contributed by atoms with Gasteiger partial charge in [0.1, 0.15) is 0 Å². The summed E-state index contributed by atoms with van der Waals surface area (Å²) in [5.74, 6) is 1.39. The third kappa shape index (κ3) is 5.91. The lowest BCUT2D eigenvalue weighted by Gasteiger charge is -2.29. The van der Waals surface area contributed by atoms with Gasteiger partial charge in [0.25, 0.3) is 5.56 Å². The summed E-state index contributed by atoms with van der Waals surface area (Å²) in [7, 11) is 0. The zero-order chi connectivity index (χ0) is 20.6. The minimum absolute atomic E-state index is 0.111. The first-order valence-corrected chi connectivity index (χ1v) is 11.0. The first kappa shape index (κ1) is 21.5. The van der Waals surface area contributed by atoms with Crippen molar-refractivity contribution in [3.63, 3.8) is 0 Å². The first-order valence-electron chi connectivity index (χ1n) is 10.1. The number of alkyl halides is 1. The maximum absolute atomic E-state index is 12.7. The smallest absolute Gasteiger partial charge is 0.255 e. The second-order valence-corrected chi connectivity index (χ2v) is 8.25. The van der Waals surface area contributed by atoms with E-state index in [4.69, 9.17) is 23.8 Å². The van der Waals surface area contributed by atoms with Crippen LogP contribution in [0, 0.1) is 4.77 Å². The van der Waals surface area contributed by atoms with Crippen LogP contribution in [-0.2, 0) is 6.42 Å². The largest absolute Gasteiger partial charge is 0.335 e. The number of rotatable bonds is 7. The molecule has 1 heterocycles. The molecule has 1 saturated carbocycles. The molecule has 1 aromatic heterocycles. The molecular formula is C24H27ClN2OS. The fraction of sp³-hybridized carbons (Fsp3) is 0.333. The molecule has 1 fully saturated rings. The number of hydrogen-bond donors (Lipinski definition) is 2. The van der Waals surface area contributed by atoms with Crippen LogP contribution in [0.3, 0.4) is 0 Å². The van der Waals surface area contributed by atoms with Crippen LogP contribution in [0.1, 0.15) is 54.3 Å². The third-order valence-electron chi connectivity index (χ3n) is 5.55. The molecule has 29 heavy (non-hydrogen) atoms. The maximum atomic E-state index is 12.7. The van der Waals surface area contributed by atoms with E-state index < -0.39 is 0 Å². The second-order valence-electron chi connectivity index (χ2n) is 7.54. The van der Waals surface area contributed by atoms with Gasteiger partial charge in [-0.1, -0.05) is 66.8 Å². The fourth-order valence-electron chi connectivity index (χ4n) is 4.10. The van der Waals surface area contributed by atoms with Crippen LogP contribution < -0.4 is 5.56 Å². The van der Waals surface area contributed by atoms with Gasteiger partial charge in [-0.3, -0.25) is 9.78 Å². The molecule has 0 unspecified atom stereocenters. The van der Waals surface area contributed by atoms with Crippen molar-refractivity contribution in [2.24, 2.45) is 0 Å². The highest BCUT2D eigenvalue weighted by atomic mass is 35.5. The Morgan fingerprint density at radius 3 is 2.48 bits per heavy atom. The predicted molar refractivity (Wildman–Crippen MR) is 124 cm³/mol. The summed E-state index contributed by atoms with van der Waals surface area (Å²) in [5.41, 5.74) is 3.90. The minimum Gasteiger partial charge on any atom is -0.335 e. The summed E-state index contributed by atoms with van der Waals surface area (Å²) in [6, 6.07) is 10.7. The minimum atomic E-state index is -0.111. The summed E-state index contributed by atoms with van der Waals surface area (Å²) < 4.78 is 0.394. The van der Waals surface area contributed by atoms with E-state index in [1.165, 1.54) is 5.56 Å². The van der Waals surface area contributed by atoms with Gasteiger partial charge < -0.3 is 4.98 Å². The monoisotopic (exact) mass is 426 g/mol. The Morgan fingerprint density at radius 2 is 1.79 bits per heavy atom. The van der Waals surface area contributed by atoms with Crippen LogP contribution in [0.2, 0.25) is 0 Å². The molecule has 3 nitrogen and oxygen atoms in total. The van der Waals surface area contributed by atoms with Crippen molar-refractivity contribution in [3.8, 4) is 0 Å². The molecule has 152 valence electrons. The van der Waals surface area contributed by atoms with Crippen molar-refractivity contribution >= 4 is 23.8 Å². The highest BCUT2D eigenvalue weighted by Crippen LogP contribution is 2.40. The summed E-state index contributed by atoms with van der Waals surface area (Å²) in [5, 5.41) is 0. The molecule has 3 rings (SSSR count). The number of benzene rings is 1. The molecule has 0 aliphatic heterocycles. The summed E-state index contributed by atoms with van der Waals surface area (Å²) in [4.78, 5) is 18.7. The van der Waals surface area contributed by atoms with Crippen molar-refractivity contribution in [1.29, 1.82) is 0 Å². The van der Waals surface area contributed by atoms with Gasteiger partial charge in [0.2, 0.25) is 0 Å². The van der Waals surface area contributed by atoms with E-state index in [0.717, 1.165) is 42.5 Å². The Labute approximate surface area is 182 Å². The predicted octanol–water partition coefficient (Wildman–Crippen LogP) is 6.32. The number of halogens is 1. The molecule has 2 aromatic rings. The van der Waals surface area contributed by atoms with Crippen molar-refractivity contribution in [2.45, 2.75) is 43.9 Å². The number of nitrogens with one attached hydrogen (secondary N) is 2. The first-order chi connectivity index (χ1) is 14.1. The standard InChI is InChI=1S/C24H27ClN2OS/c1-17(8-4-3-7-15-25)16-21-22(26-24(29)27-23(21)28)20-13-11-19(12-14-20)18-9-5-2-6-10-18/h2-10,19-20H,1,11-16H2,(H2,26,27,28,29)/b7-3-,8-4-/t19-,20-. The number of aromatic amines is 2. The number of aromatic nitrogens is 2. The Balaban J connectivity index is 1.76. The number of allylic oxidation sites excluding steroid dienone is 5. The highest BCUT2D eigenvalue weighted by Gasteiger charge is 2.26. The Hall–Kier alpha value is -2.17. The molecule has 1 aliphatic carbocycles. The number of H-pyrrole nitrogens is 2. The van der Waals surface area contributed by atoms with E-state index in [1.54, 1.807) is 0 Å². The molecule has 0 spiro atoms. The van der Waals surface area contributed by atoms with E-state index in [9.17, 15) is 4.79 Å². The van der Waals surface area contributed by atoms with E-state index >= 15 is 0 Å². The summed E-state index contributed by atoms with van der Waals surface area (Å²) in [6.45, 7) is 4.10. The van der Waals surface area contributed by atoms with Crippen LogP contribution in [0.25, 0.3) is 0 Å². The Bertz CT molecular complexity index is 996. The molecular weight excluding hydrogens is 400 g/mol. The zero-order valence-corrected chi connectivity index (χ0v) is 18.1. The molecule has 5 heteroatoms. The molecule has 0 atom stereocenters. The average molecular weight is 427 g/mol. The van der Waals surface area contributed by atoms with Gasteiger partial charge in [-0.25, -0.2) is 0 Å². The van der Waals surface area contributed by atoms with Crippen molar-refractivity contribution < 1.29 is 0 Å². The summed E-state index contributed by atoms with van der Waals surface area (Å²) in [6.07, 6.45) is 12.4. The lowest BCUT2D eigenvalue weighted by Crippen LogP contribution is -2.22. The van der Waals surface area contributed by atoms with Gasteiger partial charge in [-0.15, -0.1) is 11.6 Å². The van der Waals surface area contributed by atoms with Crippen molar-refractivity contribution in [3.05, 3.63) is 98.7 Å². The topological polar surface area (TPSA) is 48.6 Å². The van der Waals surface area contributed by atoms with Crippen LogP contribution in [-0.4, -0.2) is 15.8 Å².